The van der Waals surface area contributed by atoms with E-state index in [9.17, 15) is 19.0 Å². The summed E-state index contributed by atoms with van der Waals surface area (Å²) in [5, 5.41) is 0. The minimum atomic E-state index is -4.38. The second kappa shape index (κ2) is 44.4. The van der Waals surface area contributed by atoms with Gasteiger partial charge in [0.05, 0.1) is 27.7 Å². The van der Waals surface area contributed by atoms with Crippen LogP contribution in [0.15, 0.2) is 36.5 Å². The molecule has 10 heteroatoms. The van der Waals surface area contributed by atoms with Gasteiger partial charge in [-0.2, -0.15) is 0 Å². The molecule has 1 N–H and O–H groups in total. The predicted molar refractivity (Wildman–Crippen MR) is 261 cm³/mol. The van der Waals surface area contributed by atoms with Crippen LogP contribution in [0.2, 0.25) is 0 Å². The standard InChI is InChI=1S/C52H98NO8P/c1-6-8-10-12-14-16-18-20-22-24-25-26-27-29-30-32-34-36-38-40-42-44-51(54)58-48-50(49-60-62(56,57)59-47-46-53(3,4)5)61-52(55)45-43-41-39-37-35-33-31-28-23-21-19-17-15-13-11-9-7-2/h15,17,21,23,31,33,50H,6-14,16,18-20,22,24-30,32,34-49H2,1-5H3/p+1/b17-15+,23-21+,33-31+/t50-/m1/s1. The average molecular weight is 897 g/mol. The van der Waals surface area contributed by atoms with E-state index in [1.54, 1.807) is 0 Å². The Morgan fingerprint density at radius 1 is 0.500 bits per heavy atom. The van der Waals surface area contributed by atoms with Crippen LogP contribution in [-0.2, 0) is 32.7 Å². The van der Waals surface area contributed by atoms with Gasteiger partial charge in [0.2, 0.25) is 0 Å². The normalized spacial score (nSPS) is 13.7. The van der Waals surface area contributed by atoms with Crippen molar-refractivity contribution in [2.45, 2.75) is 238 Å². The average Bonchev–Trinajstić information content (AvgIpc) is 3.23. The molecule has 0 radical (unpaired) electrons. The van der Waals surface area contributed by atoms with E-state index in [1.807, 2.05) is 21.1 Å². The van der Waals surface area contributed by atoms with Crippen LogP contribution in [0.1, 0.15) is 232 Å². The fraction of sp³-hybridized carbons (Fsp3) is 0.846. The zero-order chi connectivity index (χ0) is 45.7. The van der Waals surface area contributed by atoms with E-state index in [2.05, 4.69) is 50.3 Å². The third kappa shape index (κ3) is 47.7. The lowest BCUT2D eigenvalue weighted by Gasteiger charge is -2.24. The molecule has 0 aromatic rings. The summed E-state index contributed by atoms with van der Waals surface area (Å²) in [5.74, 6) is -0.814. The zero-order valence-corrected chi connectivity index (χ0v) is 42.0. The number of phosphoric ester groups is 1. The van der Waals surface area contributed by atoms with Gasteiger partial charge < -0.3 is 18.9 Å². The van der Waals surface area contributed by atoms with E-state index < -0.39 is 26.5 Å². The number of nitrogens with zero attached hydrogens (tertiary/aromatic N) is 1. The Balaban J connectivity index is 4.25. The number of ether oxygens (including phenoxy) is 2. The lowest BCUT2D eigenvalue weighted by Crippen LogP contribution is -2.37. The first-order valence-electron chi connectivity index (χ1n) is 25.7. The molecular weight excluding hydrogens is 798 g/mol. The Bertz CT molecular complexity index is 1150. The van der Waals surface area contributed by atoms with Crippen molar-refractivity contribution in [2.75, 3.05) is 47.5 Å². The number of unbranched alkanes of at least 4 members (excludes halogenated alkanes) is 27. The molecule has 0 aliphatic rings. The monoisotopic (exact) mass is 897 g/mol. The first-order valence-corrected chi connectivity index (χ1v) is 27.2. The van der Waals surface area contributed by atoms with Crippen LogP contribution in [0, 0.1) is 0 Å². The first-order chi connectivity index (χ1) is 30.0. The molecule has 9 nitrogen and oxygen atoms in total. The lowest BCUT2D eigenvalue weighted by molar-refractivity contribution is -0.870. The maximum Gasteiger partial charge on any atom is 0.472 e. The number of phosphoric acid groups is 1. The van der Waals surface area contributed by atoms with E-state index in [-0.39, 0.29) is 32.0 Å². The Morgan fingerprint density at radius 3 is 1.32 bits per heavy atom. The van der Waals surface area contributed by atoms with Gasteiger partial charge >= 0.3 is 19.8 Å². The number of hydrogen-bond donors (Lipinski definition) is 1. The molecule has 62 heavy (non-hydrogen) atoms. The lowest BCUT2D eigenvalue weighted by atomic mass is 10.0. The summed E-state index contributed by atoms with van der Waals surface area (Å²) in [6.07, 6.45) is 52.0. The Labute approximate surface area is 382 Å². The van der Waals surface area contributed by atoms with Crippen molar-refractivity contribution < 1.29 is 42.1 Å². The van der Waals surface area contributed by atoms with E-state index in [4.69, 9.17) is 18.5 Å². The summed E-state index contributed by atoms with van der Waals surface area (Å²) in [6, 6.07) is 0. The molecule has 1 unspecified atom stereocenters. The first kappa shape index (κ1) is 60.2. The summed E-state index contributed by atoms with van der Waals surface area (Å²) < 4.78 is 34.4. The fourth-order valence-corrected chi connectivity index (χ4v) is 7.88. The maximum absolute atomic E-state index is 12.7. The largest absolute Gasteiger partial charge is 0.472 e. The van der Waals surface area contributed by atoms with Crippen LogP contribution in [0.3, 0.4) is 0 Å². The molecule has 0 saturated heterocycles. The fourth-order valence-electron chi connectivity index (χ4n) is 7.14. The molecule has 0 aliphatic heterocycles. The highest BCUT2D eigenvalue weighted by Crippen LogP contribution is 2.43. The zero-order valence-electron chi connectivity index (χ0n) is 41.1. The maximum atomic E-state index is 12.7. The second-order valence-corrected chi connectivity index (χ2v) is 20.0. The third-order valence-electron chi connectivity index (χ3n) is 11.2. The van der Waals surface area contributed by atoms with Crippen LogP contribution in [-0.4, -0.2) is 74.9 Å². The molecule has 0 aliphatic carbocycles. The summed E-state index contributed by atoms with van der Waals surface area (Å²) in [7, 11) is 1.47. The second-order valence-electron chi connectivity index (χ2n) is 18.6. The molecule has 0 rings (SSSR count). The number of carbonyl (C=O) groups excluding carboxylic acids is 2. The van der Waals surface area contributed by atoms with Crippen molar-refractivity contribution in [2.24, 2.45) is 0 Å². The van der Waals surface area contributed by atoms with Crippen LogP contribution in [0.25, 0.3) is 0 Å². The topological polar surface area (TPSA) is 108 Å². The summed E-state index contributed by atoms with van der Waals surface area (Å²) in [4.78, 5) is 35.5. The van der Waals surface area contributed by atoms with Gasteiger partial charge in [0.1, 0.15) is 19.8 Å². The molecule has 0 saturated carbocycles. The SMILES string of the molecule is CCCCC/C=C/C/C=C/C/C=C/CCCCCCC(=O)O[C@H](COC(=O)CCCCCCCCCCCCCCCCCCCCCCC)COP(=O)(O)OCC[N+](C)(C)C. The van der Waals surface area contributed by atoms with Crippen molar-refractivity contribution in [1.82, 2.24) is 0 Å². The van der Waals surface area contributed by atoms with Crippen molar-refractivity contribution in [3.63, 3.8) is 0 Å². The number of rotatable bonds is 47. The molecular formula is C52H99NO8P+. The van der Waals surface area contributed by atoms with E-state index in [0.29, 0.717) is 17.4 Å². The van der Waals surface area contributed by atoms with E-state index >= 15 is 0 Å². The molecule has 2 atom stereocenters. The summed E-state index contributed by atoms with van der Waals surface area (Å²) in [6.45, 7) is 4.40. The van der Waals surface area contributed by atoms with Gasteiger partial charge in [0.25, 0.3) is 0 Å². The Hall–Kier alpha value is -1.77. The molecule has 0 amide bonds. The number of carbonyl (C=O) groups is 2. The van der Waals surface area contributed by atoms with Gasteiger partial charge in [-0.3, -0.25) is 18.6 Å². The highest BCUT2D eigenvalue weighted by Gasteiger charge is 2.27. The van der Waals surface area contributed by atoms with Gasteiger partial charge in [0, 0.05) is 12.8 Å². The van der Waals surface area contributed by atoms with Gasteiger partial charge in [-0.05, 0) is 51.4 Å². The molecule has 0 spiro atoms. The van der Waals surface area contributed by atoms with Gasteiger partial charge in [-0.25, -0.2) is 4.57 Å². The Morgan fingerprint density at radius 2 is 0.871 bits per heavy atom. The molecule has 364 valence electrons. The van der Waals surface area contributed by atoms with Crippen LogP contribution < -0.4 is 0 Å². The van der Waals surface area contributed by atoms with Gasteiger partial charge in [0.15, 0.2) is 6.10 Å². The number of quaternary nitrogens is 1. The van der Waals surface area contributed by atoms with Gasteiger partial charge in [-0.15, -0.1) is 0 Å². The molecule has 0 heterocycles. The van der Waals surface area contributed by atoms with Crippen LogP contribution >= 0.6 is 7.82 Å². The van der Waals surface area contributed by atoms with Crippen molar-refractivity contribution >= 4 is 19.8 Å². The number of likely N-dealkylation sites (N-methyl/N-ethyl adjacent to an activating group) is 1. The summed E-state index contributed by atoms with van der Waals surface area (Å²) >= 11 is 0. The van der Waals surface area contributed by atoms with Crippen molar-refractivity contribution in [1.29, 1.82) is 0 Å². The Kier molecular flexibility index (Phi) is 43.2. The smallest absolute Gasteiger partial charge is 0.462 e. The quantitative estimate of drug-likeness (QED) is 0.0212. The van der Waals surface area contributed by atoms with Crippen molar-refractivity contribution in [3.8, 4) is 0 Å². The molecule has 0 aromatic carbocycles. The minimum absolute atomic E-state index is 0.0280. The minimum Gasteiger partial charge on any atom is -0.462 e. The third-order valence-corrected chi connectivity index (χ3v) is 12.2. The number of esters is 2. The van der Waals surface area contributed by atoms with Gasteiger partial charge in [-0.1, -0.05) is 204 Å². The molecule has 0 bridgehead atoms. The van der Waals surface area contributed by atoms with Crippen LogP contribution in [0.4, 0.5) is 0 Å². The number of hydrogen-bond acceptors (Lipinski definition) is 7. The van der Waals surface area contributed by atoms with Crippen molar-refractivity contribution in [3.05, 3.63) is 36.5 Å². The summed E-state index contributed by atoms with van der Waals surface area (Å²) in [5.41, 5.74) is 0. The number of allylic oxidation sites excluding steroid dienone is 6. The molecule has 0 fully saturated rings. The molecule has 0 aromatic heterocycles. The van der Waals surface area contributed by atoms with E-state index in [1.165, 1.54) is 141 Å². The highest BCUT2D eigenvalue weighted by atomic mass is 31.2. The van der Waals surface area contributed by atoms with Crippen LogP contribution in [0.5, 0.6) is 0 Å². The highest BCUT2D eigenvalue weighted by molar-refractivity contribution is 7.47. The van der Waals surface area contributed by atoms with E-state index in [0.717, 1.165) is 57.8 Å². The predicted octanol–water partition coefficient (Wildman–Crippen LogP) is 15.3.